The highest BCUT2D eigenvalue weighted by Gasteiger charge is 2.22. The van der Waals surface area contributed by atoms with Gasteiger partial charge in [-0.3, -0.25) is 14.4 Å². The van der Waals surface area contributed by atoms with Crippen molar-refractivity contribution in [3.8, 4) is 0 Å². The van der Waals surface area contributed by atoms with Crippen molar-refractivity contribution in [2.24, 2.45) is 7.05 Å². The maximum Gasteiger partial charge on any atom is 0.230 e. The number of hydrogen-bond acceptors (Lipinski definition) is 7. The van der Waals surface area contributed by atoms with E-state index in [1.165, 1.54) is 16.9 Å². The van der Waals surface area contributed by atoms with E-state index in [0.717, 1.165) is 38.6 Å². The molecule has 3 aromatic heterocycles. The molecule has 0 spiro atoms. The lowest BCUT2D eigenvalue weighted by Crippen LogP contribution is -2.24. The highest BCUT2D eigenvalue weighted by atomic mass is 32.2. The van der Waals surface area contributed by atoms with Gasteiger partial charge in [0.2, 0.25) is 5.91 Å². The number of thiazole rings is 1. The van der Waals surface area contributed by atoms with E-state index in [4.69, 9.17) is 4.98 Å². The smallest absolute Gasteiger partial charge is 0.230 e. The average molecular weight is 439 g/mol. The van der Waals surface area contributed by atoms with Gasteiger partial charge in [0.25, 0.3) is 0 Å². The van der Waals surface area contributed by atoms with Crippen molar-refractivity contribution in [3.63, 3.8) is 0 Å². The molecule has 0 saturated heterocycles. The van der Waals surface area contributed by atoms with Gasteiger partial charge in [0, 0.05) is 25.1 Å². The molecule has 9 heteroatoms. The molecular formula is C21H22N6OS2. The Morgan fingerprint density at radius 3 is 2.63 bits per heavy atom. The zero-order chi connectivity index (χ0) is 21.4. The molecule has 1 aromatic carbocycles. The van der Waals surface area contributed by atoms with Crippen LogP contribution in [-0.2, 0) is 17.6 Å². The molecule has 0 fully saturated rings. The van der Waals surface area contributed by atoms with Crippen molar-refractivity contribution in [1.29, 1.82) is 0 Å². The van der Waals surface area contributed by atoms with Crippen LogP contribution < -0.4 is 4.90 Å². The third-order valence-electron chi connectivity index (χ3n) is 4.75. The number of rotatable bonds is 5. The minimum atomic E-state index is -0.0496. The molecule has 0 aliphatic carbocycles. The third-order valence-corrected chi connectivity index (χ3v) is 6.67. The molecule has 0 N–H and O–H groups in total. The fraction of sp³-hybridized carbons (Fsp3) is 0.286. The SMILES string of the molecule is CC(=O)N(c1nc(CSc2ncnc3c2cnn3C)cs1)c1c(C)cc(C)cc1C. The van der Waals surface area contributed by atoms with Crippen LogP contribution in [0.15, 0.2) is 35.1 Å². The van der Waals surface area contributed by atoms with E-state index in [9.17, 15) is 4.79 Å². The monoisotopic (exact) mass is 438 g/mol. The third kappa shape index (κ3) is 3.82. The molecule has 4 aromatic rings. The van der Waals surface area contributed by atoms with Gasteiger partial charge in [-0.15, -0.1) is 11.3 Å². The summed E-state index contributed by atoms with van der Waals surface area (Å²) in [5.74, 6) is 0.598. The number of thioether (sulfide) groups is 1. The molecule has 0 unspecified atom stereocenters. The van der Waals surface area contributed by atoms with Crippen LogP contribution in [0.4, 0.5) is 10.8 Å². The molecule has 0 aliphatic heterocycles. The number of carbonyl (C=O) groups is 1. The molecule has 0 atom stereocenters. The number of benzene rings is 1. The van der Waals surface area contributed by atoms with Crippen molar-refractivity contribution < 1.29 is 4.79 Å². The van der Waals surface area contributed by atoms with Crippen molar-refractivity contribution >= 4 is 50.9 Å². The summed E-state index contributed by atoms with van der Waals surface area (Å²) >= 11 is 3.07. The van der Waals surface area contributed by atoms with Crippen LogP contribution in [0.3, 0.4) is 0 Å². The molecule has 4 rings (SSSR count). The fourth-order valence-corrected chi connectivity index (χ4v) is 5.41. The summed E-state index contributed by atoms with van der Waals surface area (Å²) in [5.41, 5.74) is 5.93. The normalized spacial score (nSPS) is 11.2. The van der Waals surface area contributed by atoms with Crippen LogP contribution in [-0.4, -0.2) is 30.6 Å². The summed E-state index contributed by atoms with van der Waals surface area (Å²) in [6, 6.07) is 4.19. The molecule has 30 heavy (non-hydrogen) atoms. The topological polar surface area (TPSA) is 76.8 Å². The molecule has 1 amide bonds. The molecular weight excluding hydrogens is 416 g/mol. The van der Waals surface area contributed by atoms with Gasteiger partial charge in [0.15, 0.2) is 10.8 Å². The fourth-order valence-electron chi connectivity index (χ4n) is 3.58. The summed E-state index contributed by atoms with van der Waals surface area (Å²) in [4.78, 5) is 27.7. The molecule has 0 aliphatic rings. The predicted octanol–water partition coefficient (Wildman–Crippen LogP) is 4.72. The van der Waals surface area contributed by atoms with Gasteiger partial charge in [-0.25, -0.2) is 15.0 Å². The van der Waals surface area contributed by atoms with Gasteiger partial charge in [0.05, 0.1) is 23.0 Å². The summed E-state index contributed by atoms with van der Waals surface area (Å²) in [6.45, 7) is 7.70. The molecule has 7 nitrogen and oxygen atoms in total. The first-order valence-corrected chi connectivity index (χ1v) is 11.3. The molecule has 3 heterocycles. The number of aryl methyl sites for hydroxylation is 4. The van der Waals surface area contributed by atoms with Gasteiger partial charge in [-0.1, -0.05) is 29.5 Å². The first kappa shape index (κ1) is 20.5. The van der Waals surface area contributed by atoms with Crippen LogP contribution in [0.2, 0.25) is 0 Å². The Bertz CT molecular complexity index is 1220. The van der Waals surface area contributed by atoms with Crippen LogP contribution >= 0.6 is 23.1 Å². The Morgan fingerprint density at radius 1 is 1.20 bits per heavy atom. The van der Waals surface area contributed by atoms with E-state index in [2.05, 4.69) is 34.1 Å². The number of amides is 1. The second-order valence-electron chi connectivity index (χ2n) is 7.20. The Balaban J connectivity index is 1.60. The minimum absolute atomic E-state index is 0.0496. The number of nitrogens with zero attached hydrogens (tertiary/aromatic N) is 6. The second kappa shape index (κ2) is 8.16. The largest absolute Gasteiger partial charge is 0.274 e. The van der Waals surface area contributed by atoms with E-state index in [1.54, 1.807) is 40.8 Å². The van der Waals surface area contributed by atoms with Crippen molar-refractivity contribution in [1.82, 2.24) is 24.7 Å². The zero-order valence-corrected chi connectivity index (χ0v) is 19.1. The maximum absolute atomic E-state index is 12.5. The number of fused-ring (bicyclic) bond motifs is 1. The summed E-state index contributed by atoms with van der Waals surface area (Å²) in [6.07, 6.45) is 3.34. The lowest BCUT2D eigenvalue weighted by Gasteiger charge is -2.23. The standard InChI is InChI=1S/C21H22N6OS2/c1-12-6-13(2)18(14(3)7-12)27(15(4)28)21-25-16(10-30-21)9-29-20-17-8-24-26(5)19(17)22-11-23-20/h6-8,10-11H,9H2,1-5H3. The molecule has 0 bridgehead atoms. The van der Waals surface area contributed by atoms with E-state index in [1.807, 2.05) is 26.3 Å². The zero-order valence-electron chi connectivity index (χ0n) is 17.5. The van der Waals surface area contributed by atoms with Gasteiger partial charge in [-0.05, 0) is 31.9 Å². The molecule has 0 saturated carbocycles. The molecule has 154 valence electrons. The number of hydrogen-bond donors (Lipinski definition) is 0. The lowest BCUT2D eigenvalue weighted by molar-refractivity contribution is -0.115. The molecule has 0 radical (unpaired) electrons. The summed E-state index contributed by atoms with van der Waals surface area (Å²) in [5, 5.41) is 8.74. The quantitative estimate of drug-likeness (QED) is 0.331. The van der Waals surface area contributed by atoms with E-state index < -0.39 is 0 Å². The Hall–Kier alpha value is -2.78. The summed E-state index contributed by atoms with van der Waals surface area (Å²) < 4.78 is 1.74. The Morgan fingerprint density at radius 2 is 1.93 bits per heavy atom. The van der Waals surface area contributed by atoms with Crippen LogP contribution in [0.25, 0.3) is 11.0 Å². The number of aromatic nitrogens is 5. The van der Waals surface area contributed by atoms with Crippen molar-refractivity contribution in [2.45, 2.75) is 38.5 Å². The Kier molecular flexibility index (Phi) is 5.57. The first-order valence-electron chi connectivity index (χ1n) is 9.43. The lowest BCUT2D eigenvalue weighted by atomic mass is 10.0. The van der Waals surface area contributed by atoms with Crippen molar-refractivity contribution in [2.75, 3.05) is 4.90 Å². The Labute approximate surface area is 183 Å². The van der Waals surface area contributed by atoms with Crippen molar-refractivity contribution in [3.05, 3.63) is 52.4 Å². The number of carbonyl (C=O) groups excluding carboxylic acids is 1. The van der Waals surface area contributed by atoms with Crippen LogP contribution in [0.5, 0.6) is 0 Å². The second-order valence-corrected chi connectivity index (χ2v) is 9.00. The average Bonchev–Trinajstić information content (AvgIpc) is 3.30. The van der Waals surface area contributed by atoms with Crippen LogP contribution in [0, 0.1) is 20.8 Å². The minimum Gasteiger partial charge on any atom is -0.274 e. The summed E-state index contributed by atoms with van der Waals surface area (Å²) in [7, 11) is 1.86. The highest BCUT2D eigenvalue weighted by molar-refractivity contribution is 7.98. The van der Waals surface area contributed by atoms with Gasteiger partial charge in [0.1, 0.15) is 11.4 Å². The highest BCUT2D eigenvalue weighted by Crippen LogP contribution is 2.35. The number of anilines is 2. The van der Waals surface area contributed by atoms with E-state index in [-0.39, 0.29) is 5.91 Å². The van der Waals surface area contributed by atoms with Gasteiger partial charge < -0.3 is 0 Å². The van der Waals surface area contributed by atoms with E-state index >= 15 is 0 Å². The van der Waals surface area contributed by atoms with Gasteiger partial charge in [-0.2, -0.15) is 5.10 Å². The maximum atomic E-state index is 12.5. The first-order chi connectivity index (χ1) is 14.3. The van der Waals surface area contributed by atoms with Crippen LogP contribution in [0.1, 0.15) is 29.3 Å². The van der Waals surface area contributed by atoms with Gasteiger partial charge >= 0.3 is 0 Å². The predicted molar refractivity (Wildman–Crippen MR) is 121 cm³/mol. The van der Waals surface area contributed by atoms with E-state index in [0.29, 0.717) is 10.9 Å².